The third-order valence-electron chi connectivity index (χ3n) is 5.40. The van der Waals surface area contributed by atoms with E-state index in [1.165, 1.54) is 31.2 Å². The zero-order valence-corrected chi connectivity index (χ0v) is 14.9. The number of hydrogen-bond donors (Lipinski definition) is 2. The molecule has 2 aromatic rings. The second-order valence-corrected chi connectivity index (χ2v) is 7.62. The predicted molar refractivity (Wildman–Crippen MR) is 97.9 cm³/mol. The molecule has 0 spiro atoms. The number of carbonyl (C=O) groups excluding carboxylic acids is 1. The number of benzene rings is 1. The molecule has 1 amide bonds. The quantitative estimate of drug-likeness (QED) is 0.781. The van der Waals surface area contributed by atoms with Gasteiger partial charge < -0.3 is 10.4 Å². The lowest BCUT2D eigenvalue weighted by molar-refractivity contribution is -0.139. The van der Waals surface area contributed by atoms with Crippen molar-refractivity contribution < 1.29 is 19.1 Å². The molecule has 0 aliphatic heterocycles. The molecule has 2 N–H and O–H groups in total. The monoisotopic (exact) mass is 371 g/mol. The Balaban J connectivity index is 1.34. The Morgan fingerprint density at radius 1 is 1.26 bits per heavy atom. The van der Waals surface area contributed by atoms with Crippen LogP contribution in [-0.2, 0) is 4.79 Å². The Morgan fingerprint density at radius 2 is 2.04 bits per heavy atom. The molecule has 6 nitrogen and oxygen atoms in total. The average molecular weight is 371 g/mol. The molecule has 4 rings (SSSR count). The van der Waals surface area contributed by atoms with Gasteiger partial charge in [-0.3, -0.25) is 19.5 Å². The van der Waals surface area contributed by atoms with E-state index in [1.807, 2.05) is 4.90 Å². The summed E-state index contributed by atoms with van der Waals surface area (Å²) in [5.41, 5.74) is 1.04. The summed E-state index contributed by atoms with van der Waals surface area (Å²) in [6.07, 6.45) is 5.36. The van der Waals surface area contributed by atoms with Crippen LogP contribution in [0.3, 0.4) is 0 Å². The number of amides is 1. The number of rotatable bonds is 7. The van der Waals surface area contributed by atoms with Crippen molar-refractivity contribution in [3.05, 3.63) is 41.8 Å². The molecule has 1 aromatic carbocycles. The van der Waals surface area contributed by atoms with E-state index < -0.39 is 5.97 Å². The maximum absolute atomic E-state index is 13.4. The van der Waals surface area contributed by atoms with Crippen molar-refractivity contribution in [2.45, 2.75) is 37.8 Å². The van der Waals surface area contributed by atoms with Crippen molar-refractivity contribution in [3.63, 3.8) is 0 Å². The molecular formula is C20H22FN3O3. The van der Waals surface area contributed by atoms with Crippen molar-refractivity contribution in [1.29, 1.82) is 0 Å². The second-order valence-electron chi connectivity index (χ2n) is 7.62. The van der Waals surface area contributed by atoms with Crippen molar-refractivity contribution in [1.82, 2.24) is 15.2 Å². The summed E-state index contributed by atoms with van der Waals surface area (Å²) in [6.45, 7) is 0.889. The van der Waals surface area contributed by atoms with Crippen molar-refractivity contribution >= 4 is 22.8 Å². The van der Waals surface area contributed by atoms with Gasteiger partial charge in [-0.05, 0) is 55.9 Å². The van der Waals surface area contributed by atoms with Gasteiger partial charge in [0.2, 0.25) is 0 Å². The molecule has 0 radical (unpaired) electrons. The Labute approximate surface area is 156 Å². The molecule has 0 unspecified atom stereocenters. The van der Waals surface area contributed by atoms with E-state index in [2.05, 4.69) is 10.3 Å². The standard InChI is InChI=1S/C20H22FN3O3/c21-15-3-4-18-13(6-15)5-14(9-22-18)20(27)23-16-7-17(8-16)24(11-19(25)26)10-12-1-2-12/h3-6,9,12,16-17H,1-2,7-8,10-11H2,(H,23,27)(H,25,26). The van der Waals surface area contributed by atoms with E-state index in [-0.39, 0.29) is 30.4 Å². The number of pyridine rings is 1. The molecule has 1 aromatic heterocycles. The van der Waals surface area contributed by atoms with Crippen LogP contribution in [0.1, 0.15) is 36.0 Å². The summed E-state index contributed by atoms with van der Waals surface area (Å²) in [6, 6.07) is 6.16. The van der Waals surface area contributed by atoms with Gasteiger partial charge >= 0.3 is 5.97 Å². The van der Waals surface area contributed by atoms with Crippen molar-refractivity contribution in [2.24, 2.45) is 5.92 Å². The minimum absolute atomic E-state index is 0.0289. The summed E-state index contributed by atoms with van der Waals surface area (Å²) < 4.78 is 13.4. The van der Waals surface area contributed by atoms with Crippen molar-refractivity contribution in [2.75, 3.05) is 13.1 Å². The van der Waals surface area contributed by atoms with Crippen LogP contribution in [0.15, 0.2) is 30.5 Å². The summed E-state index contributed by atoms with van der Waals surface area (Å²) in [7, 11) is 0. The number of aromatic nitrogens is 1. The second kappa shape index (κ2) is 7.23. The first-order valence-electron chi connectivity index (χ1n) is 9.30. The fraction of sp³-hybridized carbons (Fsp3) is 0.450. The van der Waals surface area contributed by atoms with Crippen molar-refractivity contribution in [3.8, 4) is 0 Å². The number of halogens is 1. The van der Waals surface area contributed by atoms with E-state index in [4.69, 9.17) is 5.11 Å². The normalized spacial score (nSPS) is 21.9. The van der Waals surface area contributed by atoms with Gasteiger partial charge in [-0.25, -0.2) is 4.39 Å². The van der Waals surface area contributed by atoms with Gasteiger partial charge in [0.05, 0.1) is 17.6 Å². The highest BCUT2D eigenvalue weighted by atomic mass is 19.1. The molecule has 0 bridgehead atoms. The minimum atomic E-state index is -0.808. The van der Waals surface area contributed by atoms with E-state index in [0.29, 0.717) is 22.4 Å². The topological polar surface area (TPSA) is 82.5 Å². The number of nitrogens with zero attached hydrogens (tertiary/aromatic N) is 2. The first kappa shape index (κ1) is 17.9. The average Bonchev–Trinajstić information content (AvgIpc) is 3.40. The number of carboxylic acid groups (broad SMARTS) is 1. The molecule has 7 heteroatoms. The smallest absolute Gasteiger partial charge is 0.317 e. The number of nitrogens with one attached hydrogen (secondary N) is 1. The first-order chi connectivity index (χ1) is 13.0. The van der Waals surface area contributed by atoms with E-state index in [9.17, 15) is 14.0 Å². The van der Waals surface area contributed by atoms with Gasteiger partial charge in [-0.2, -0.15) is 0 Å². The number of aliphatic carboxylic acids is 1. The fourth-order valence-corrected chi connectivity index (χ4v) is 3.65. The Bertz CT molecular complexity index is 878. The molecule has 27 heavy (non-hydrogen) atoms. The van der Waals surface area contributed by atoms with Gasteiger partial charge in [0.1, 0.15) is 5.82 Å². The first-order valence-corrected chi connectivity index (χ1v) is 9.30. The van der Waals surface area contributed by atoms with Crippen LogP contribution in [0.5, 0.6) is 0 Å². The zero-order chi connectivity index (χ0) is 19.0. The van der Waals surface area contributed by atoms with Gasteiger partial charge in [-0.1, -0.05) is 0 Å². The Hall–Kier alpha value is -2.54. The molecule has 2 aliphatic rings. The maximum Gasteiger partial charge on any atom is 0.317 e. The van der Waals surface area contributed by atoms with Crippen LogP contribution in [0.2, 0.25) is 0 Å². The van der Waals surface area contributed by atoms with Gasteiger partial charge in [-0.15, -0.1) is 0 Å². The molecule has 2 fully saturated rings. The lowest BCUT2D eigenvalue weighted by atomic mass is 9.85. The van der Waals surface area contributed by atoms with Crippen LogP contribution in [0, 0.1) is 11.7 Å². The fourth-order valence-electron chi connectivity index (χ4n) is 3.65. The maximum atomic E-state index is 13.4. The largest absolute Gasteiger partial charge is 0.480 e. The summed E-state index contributed by atoms with van der Waals surface area (Å²) >= 11 is 0. The van der Waals surface area contributed by atoms with E-state index >= 15 is 0 Å². The molecule has 142 valence electrons. The summed E-state index contributed by atoms with van der Waals surface area (Å²) in [5, 5.41) is 12.7. The third kappa shape index (κ3) is 4.24. The Morgan fingerprint density at radius 3 is 2.74 bits per heavy atom. The lowest BCUT2D eigenvalue weighted by Gasteiger charge is -2.42. The number of carbonyl (C=O) groups is 2. The zero-order valence-electron chi connectivity index (χ0n) is 14.9. The van der Waals surface area contributed by atoms with Crippen LogP contribution >= 0.6 is 0 Å². The van der Waals surface area contributed by atoms with Crippen LogP contribution in [-0.4, -0.2) is 52.0 Å². The molecule has 0 atom stereocenters. The molecule has 1 heterocycles. The lowest BCUT2D eigenvalue weighted by Crippen LogP contribution is -2.55. The van der Waals surface area contributed by atoms with E-state index in [0.717, 1.165) is 19.4 Å². The number of carboxylic acids is 1. The van der Waals surface area contributed by atoms with Crippen LogP contribution < -0.4 is 5.32 Å². The number of hydrogen-bond acceptors (Lipinski definition) is 4. The van der Waals surface area contributed by atoms with Gasteiger partial charge in [0.15, 0.2) is 0 Å². The minimum Gasteiger partial charge on any atom is -0.480 e. The Kier molecular flexibility index (Phi) is 4.78. The molecule has 0 saturated heterocycles. The molecular weight excluding hydrogens is 349 g/mol. The van der Waals surface area contributed by atoms with Crippen LogP contribution in [0.25, 0.3) is 10.9 Å². The highest BCUT2D eigenvalue weighted by molar-refractivity contribution is 5.97. The summed E-state index contributed by atoms with van der Waals surface area (Å²) in [4.78, 5) is 29.8. The van der Waals surface area contributed by atoms with Gasteiger partial charge in [0.25, 0.3) is 5.91 Å². The molecule has 2 saturated carbocycles. The third-order valence-corrected chi connectivity index (χ3v) is 5.40. The molecule has 2 aliphatic carbocycles. The number of fused-ring (bicyclic) bond motifs is 1. The van der Waals surface area contributed by atoms with E-state index in [1.54, 1.807) is 12.1 Å². The van der Waals surface area contributed by atoms with Gasteiger partial charge in [0, 0.05) is 30.2 Å². The highest BCUT2D eigenvalue weighted by Crippen LogP contribution is 2.33. The van der Waals surface area contributed by atoms with Crippen LogP contribution in [0.4, 0.5) is 4.39 Å². The predicted octanol–water partition coefficient (Wildman–Crippen LogP) is 2.43. The highest BCUT2D eigenvalue weighted by Gasteiger charge is 2.37. The SMILES string of the molecule is O=C(O)CN(CC1CC1)C1CC(NC(=O)c2cnc3ccc(F)cc3c2)C1. The summed E-state index contributed by atoms with van der Waals surface area (Å²) in [5.74, 6) is -0.776.